The van der Waals surface area contributed by atoms with E-state index in [0.717, 1.165) is 20.1 Å². The smallest absolute Gasteiger partial charge is 0.124 e. The molecule has 0 atom stereocenters. The van der Waals surface area contributed by atoms with Gasteiger partial charge in [-0.2, -0.15) is 0 Å². The highest BCUT2D eigenvalue weighted by molar-refractivity contribution is 9.11. The van der Waals surface area contributed by atoms with Crippen molar-refractivity contribution in [3.05, 3.63) is 39.6 Å². The van der Waals surface area contributed by atoms with Crippen LogP contribution in [0.2, 0.25) is 0 Å². The average Bonchev–Trinajstić information content (AvgIpc) is 2.61. The predicted molar refractivity (Wildman–Crippen MR) is 63.1 cm³/mol. The van der Waals surface area contributed by atoms with E-state index in [2.05, 4.69) is 20.9 Å². The minimum absolute atomic E-state index is 0.242. The Morgan fingerprint density at radius 2 is 2.00 bits per heavy atom. The van der Waals surface area contributed by atoms with E-state index in [9.17, 15) is 4.39 Å². The van der Waals surface area contributed by atoms with Gasteiger partial charge in [0.05, 0.1) is 9.48 Å². The van der Waals surface area contributed by atoms with Crippen molar-refractivity contribution < 1.29 is 4.39 Å². The van der Waals surface area contributed by atoms with E-state index in [1.165, 1.54) is 23.5 Å². The average molecular weight is 287 g/mol. The first-order valence-corrected chi connectivity index (χ1v) is 5.93. The summed E-state index contributed by atoms with van der Waals surface area (Å²) >= 11 is 4.89. The van der Waals surface area contributed by atoms with Crippen LogP contribution in [0.5, 0.6) is 0 Å². The van der Waals surface area contributed by atoms with Crippen LogP contribution >= 0.6 is 27.3 Å². The molecular formula is C10H8BrFN2S. The quantitative estimate of drug-likeness (QED) is 0.921. The lowest BCUT2D eigenvalue weighted by molar-refractivity contribution is 0.628. The van der Waals surface area contributed by atoms with Crippen LogP contribution in [0, 0.1) is 5.82 Å². The lowest BCUT2D eigenvalue weighted by Gasteiger charge is -1.94. The molecule has 0 aliphatic rings. The van der Waals surface area contributed by atoms with Crippen LogP contribution in [0.4, 0.5) is 4.39 Å². The topological polar surface area (TPSA) is 38.9 Å². The molecule has 0 radical (unpaired) electrons. The Kier molecular flexibility index (Phi) is 3.14. The molecule has 0 amide bonds. The number of hydrogen-bond donors (Lipinski definition) is 1. The summed E-state index contributed by atoms with van der Waals surface area (Å²) in [7, 11) is 0. The molecule has 0 fully saturated rings. The first-order chi connectivity index (χ1) is 7.20. The maximum Gasteiger partial charge on any atom is 0.124 e. The van der Waals surface area contributed by atoms with Crippen molar-refractivity contribution in [2.24, 2.45) is 5.73 Å². The van der Waals surface area contributed by atoms with Gasteiger partial charge in [0, 0.05) is 12.1 Å². The zero-order valence-electron chi connectivity index (χ0n) is 7.71. The van der Waals surface area contributed by atoms with Crippen LogP contribution in [-0.4, -0.2) is 4.98 Å². The molecule has 2 aromatic rings. The highest BCUT2D eigenvalue weighted by Crippen LogP contribution is 2.31. The van der Waals surface area contributed by atoms with Gasteiger partial charge in [-0.05, 0) is 40.2 Å². The van der Waals surface area contributed by atoms with Gasteiger partial charge in [0.15, 0.2) is 0 Å². The Hall–Kier alpha value is -0.780. The van der Waals surface area contributed by atoms with Gasteiger partial charge in [-0.25, -0.2) is 9.37 Å². The molecule has 0 saturated heterocycles. The van der Waals surface area contributed by atoms with E-state index in [1.54, 1.807) is 12.1 Å². The largest absolute Gasteiger partial charge is 0.325 e. The summed E-state index contributed by atoms with van der Waals surface area (Å²) in [5.74, 6) is -0.242. The van der Waals surface area contributed by atoms with Gasteiger partial charge in [-0.1, -0.05) is 0 Å². The summed E-state index contributed by atoms with van der Waals surface area (Å²) in [6.45, 7) is 0.401. The van der Waals surface area contributed by atoms with Crippen molar-refractivity contribution in [1.29, 1.82) is 0 Å². The lowest BCUT2D eigenvalue weighted by atomic mass is 10.2. The normalized spacial score (nSPS) is 10.6. The Labute approximate surface area is 99.1 Å². The van der Waals surface area contributed by atoms with E-state index in [0.29, 0.717) is 6.54 Å². The first-order valence-electron chi connectivity index (χ1n) is 4.32. The number of nitrogens with two attached hydrogens (primary N) is 1. The number of halogens is 2. The van der Waals surface area contributed by atoms with Crippen molar-refractivity contribution in [2.75, 3.05) is 0 Å². The van der Waals surface area contributed by atoms with E-state index < -0.39 is 0 Å². The Balaban J connectivity index is 2.41. The van der Waals surface area contributed by atoms with Crippen LogP contribution in [0.15, 0.2) is 28.1 Å². The van der Waals surface area contributed by atoms with Crippen LogP contribution in [-0.2, 0) is 6.54 Å². The second-order valence-electron chi connectivity index (χ2n) is 2.95. The van der Waals surface area contributed by atoms with Crippen molar-refractivity contribution in [3.8, 4) is 10.6 Å². The minimum Gasteiger partial charge on any atom is -0.325 e. The van der Waals surface area contributed by atoms with Crippen LogP contribution in [0.25, 0.3) is 10.6 Å². The fourth-order valence-corrected chi connectivity index (χ4v) is 2.71. The third-order valence-electron chi connectivity index (χ3n) is 1.93. The number of hydrogen-bond acceptors (Lipinski definition) is 3. The summed E-state index contributed by atoms with van der Waals surface area (Å²) < 4.78 is 13.6. The Morgan fingerprint density at radius 1 is 1.33 bits per heavy atom. The van der Waals surface area contributed by atoms with E-state index in [-0.39, 0.29) is 5.82 Å². The molecule has 2 rings (SSSR count). The molecule has 2 nitrogen and oxygen atoms in total. The zero-order valence-corrected chi connectivity index (χ0v) is 10.1. The predicted octanol–water partition coefficient (Wildman–Crippen LogP) is 3.17. The molecule has 1 heterocycles. The van der Waals surface area contributed by atoms with E-state index in [1.807, 2.05) is 0 Å². The molecule has 0 spiro atoms. The van der Waals surface area contributed by atoms with Crippen LogP contribution in [0.3, 0.4) is 0 Å². The Bertz CT molecular complexity index is 467. The molecule has 0 saturated carbocycles. The summed E-state index contributed by atoms with van der Waals surface area (Å²) in [4.78, 5) is 4.35. The highest BCUT2D eigenvalue weighted by atomic mass is 79.9. The monoisotopic (exact) mass is 286 g/mol. The third-order valence-corrected chi connectivity index (χ3v) is 3.81. The molecular weight excluding hydrogens is 279 g/mol. The minimum atomic E-state index is -0.242. The van der Waals surface area contributed by atoms with Crippen molar-refractivity contribution in [2.45, 2.75) is 6.54 Å². The molecule has 1 aromatic carbocycles. The molecule has 0 aliphatic carbocycles. The van der Waals surface area contributed by atoms with E-state index in [4.69, 9.17) is 5.73 Å². The molecule has 0 aliphatic heterocycles. The van der Waals surface area contributed by atoms with Crippen molar-refractivity contribution >= 4 is 27.3 Å². The summed E-state index contributed by atoms with van der Waals surface area (Å²) in [5.41, 5.74) is 7.26. The molecule has 5 heteroatoms. The van der Waals surface area contributed by atoms with Crippen LogP contribution < -0.4 is 5.73 Å². The highest BCUT2D eigenvalue weighted by Gasteiger charge is 2.08. The van der Waals surface area contributed by atoms with Crippen LogP contribution in [0.1, 0.15) is 5.69 Å². The van der Waals surface area contributed by atoms with Gasteiger partial charge >= 0.3 is 0 Å². The van der Waals surface area contributed by atoms with Gasteiger partial charge in [-0.15, -0.1) is 11.3 Å². The van der Waals surface area contributed by atoms with Gasteiger partial charge in [-0.3, -0.25) is 0 Å². The number of aromatic nitrogens is 1. The van der Waals surface area contributed by atoms with Crippen molar-refractivity contribution in [3.63, 3.8) is 0 Å². The standard InChI is InChI=1S/C10H8BrFN2S/c11-9-8(5-13)14-10(15-9)6-1-3-7(12)4-2-6/h1-4H,5,13H2. The SMILES string of the molecule is NCc1nc(-c2ccc(F)cc2)sc1Br. The fraction of sp³-hybridized carbons (Fsp3) is 0.100. The Morgan fingerprint density at radius 3 is 2.53 bits per heavy atom. The zero-order chi connectivity index (χ0) is 10.8. The second-order valence-corrected chi connectivity index (χ2v) is 5.27. The molecule has 78 valence electrons. The van der Waals surface area contributed by atoms with Crippen molar-refractivity contribution in [1.82, 2.24) is 4.98 Å². The summed E-state index contributed by atoms with van der Waals surface area (Å²) in [5, 5.41) is 0.849. The third kappa shape index (κ3) is 2.25. The first kappa shape index (κ1) is 10.7. The maximum atomic E-state index is 12.7. The van der Waals surface area contributed by atoms with E-state index >= 15 is 0 Å². The lowest BCUT2D eigenvalue weighted by Crippen LogP contribution is -1.96. The van der Waals surface area contributed by atoms with Gasteiger partial charge in [0.25, 0.3) is 0 Å². The van der Waals surface area contributed by atoms with Gasteiger partial charge < -0.3 is 5.73 Å². The molecule has 0 unspecified atom stereocenters. The summed E-state index contributed by atoms with van der Waals surface area (Å²) in [6, 6.07) is 6.27. The number of thiazole rings is 1. The number of benzene rings is 1. The number of rotatable bonds is 2. The molecule has 15 heavy (non-hydrogen) atoms. The fourth-order valence-electron chi connectivity index (χ4n) is 1.17. The van der Waals surface area contributed by atoms with Gasteiger partial charge in [0.2, 0.25) is 0 Å². The molecule has 1 aromatic heterocycles. The maximum absolute atomic E-state index is 12.7. The number of nitrogens with zero attached hydrogens (tertiary/aromatic N) is 1. The summed E-state index contributed by atoms with van der Waals surface area (Å²) in [6.07, 6.45) is 0. The second kappa shape index (κ2) is 4.38. The molecule has 2 N–H and O–H groups in total. The molecule has 0 bridgehead atoms. The van der Waals surface area contributed by atoms with Gasteiger partial charge in [0.1, 0.15) is 10.8 Å².